The number of ether oxygens (including phenoxy) is 1. The quantitative estimate of drug-likeness (QED) is 0.0518. The predicted molar refractivity (Wildman–Crippen MR) is 193 cm³/mol. The zero-order valence-corrected chi connectivity index (χ0v) is 33.2. The SMILES string of the molecule is CCOOP(=O)(OOCC)C(CCNc1cccc2c(C(=O)NC3C(=O)N4C3SC(C)(C)C4C(=O)O)c(OCC)ccc12)P(=O)(OOCC)OOCC. The fraction of sp³-hybridized carbons (Fsp3) is 0.594. The Morgan fingerprint density at radius 3 is 1.94 bits per heavy atom. The lowest BCUT2D eigenvalue weighted by atomic mass is 9.95. The summed E-state index contributed by atoms with van der Waals surface area (Å²) >= 11 is 1.32. The van der Waals surface area contributed by atoms with E-state index in [0.717, 1.165) is 0 Å². The number of rotatable bonds is 23. The second kappa shape index (κ2) is 18.7. The molecule has 2 fully saturated rings. The molecule has 18 nitrogen and oxygen atoms in total. The molecule has 2 aliphatic heterocycles. The number of thioether (sulfide) groups is 1. The van der Waals surface area contributed by atoms with Gasteiger partial charge in [0.05, 0.1) is 38.6 Å². The lowest BCUT2D eigenvalue weighted by Crippen LogP contribution is -2.70. The van der Waals surface area contributed by atoms with Gasteiger partial charge in [0, 0.05) is 27.8 Å². The second-order valence-electron chi connectivity index (χ2n) is 12.0. The average molecular weight is 808 g/mol. The molecule has 3 N–H and O–H groups in total. The number of carboxylic acid groups (broad SMARTS) is 1. The van der Waals surface area contributed by atoms with Crippen molar-refractivity contribution in [1.29, 1.82) is 0 Å². The number of anilines is 1. The maximum atomic E-state index is 14.1. The molecular weight excluding hydrogens is 760 g/mol. The van der Waals surface area contributed by atoms with Gasteiger partial charge in [-0.1, -0.05) is 12.1 Å². The molecule has 2 aromatic rings. The minimum absolute atomic E-state index is 0.0451. The third-order valence-corrected chi connectivity index (χ3v) is 14.6. The van der Waals surface area contributed by atoms with Crippen LogP contribution in [-0.2, 0) is 57.0 Å². The number of aliphatic carboxylic acids is 1. The van der Waals surface area contributed by atoms with Crippen molar-refractivity contribution in [3.05, 3.63) is 35.9 Å². The Hall–Kier alpha value is -2.80. The third kappa shape index (κ3) is 9.36. The van der Waals surface area contributed by atoms with Gasteiger partial charge in [0.2, 0.25) is 5.91 Å². The van der Waals surface area contributed by atoms with Gasteiger partial charge in [-0.15, -0.1) is 30.5 Å². The van der Waals surface area contributed by atoms with Crippen LogP contribution in [-0.4, -0.2) is 95.0 Å². The summed E-state index contributed by atoms with van der Waals surface area (Å²) in [5.41, 5.74) is 0.674. The number of amides is 2. The molecule has 2 aliphatic rings. The number of carbonyl (C=O) groups is 3. The highest BCUT2D eigenvalue weighted by molar-refractivity contribution is 8.01. The number of benzene rings is 2. The molecular formula is C32H47N3O15P2S. The van der Waals surface area contributed by atoms with Crippen LogP contribution in [0.4, 0.5) is 5.69 Å². The number of β-lactam (4-membered cyclic amide) rings is 1. The summed E-state index contributed by atoms with van der Waals surface area (Å²) in [6, 6.07) is 6.53. The smallest absolute Gasteiger partial charge is 0.399 e. The van der Waals surface area contributed by atoms with Gasteiger partial charge in [-0.3, -0.25) is 18.7 Å². The van der Waals surface area contributed by atoms with Crippen LogP contribution in [0.25, 0.3) is 10.8 Å². The van der Waals surface area contributed by atoms with E-state index in [1.807, 2.05) is 0 Å². The first-order valence-electron chi connectivity index (χ1n) is 17.1. The number of fused-ring (bicyclic) bond motifs is 2. The van der Waals surface area contributed by atoms with Crippen molar-refractivity contribution in [3.8, 4) is 5.75 Å². The van der Waals surface area contributed by atoms with E-state index in [1.54, 1.807) is 78.8 Å². The molecule has 0 radical (unpaired) electrons. The molecule has 0 bridgehead atoms. The van der Waals surface area contributed by atoms with Crippen molar-refractivity contribution in [2.75, 3.05) is 44.9 Å². The molecule has 3 unspecified atom stereocenters. The van der Waals surface area contributed by atoms with Gasteiger partial charge in [-0.25, -0.2) is 24.3 Å². The highest BCUT2D eigenvalue weighted by atomic mass is 32.2. The van der Waals surface area contributed by atoms with Gasteiger partial charge >= 0.3 is 21.2 Å². The number of carbonyl (C=O) groups excluding carboxylic acids is 2. The summed E-state index contributed by atoms with van der Waals surface area (Å²) in [5, 5.41) is 14.6. The Balaban J connectivity index is 1.64. The van der Waals surface area contributed by atoms with Crippen LogP contribution in [0.1, 0.15) is 65.2 Å². The Kier molecular flexibility index (Phi) is 15.1. The summed E-state index contributed by atoms with van der Waals surface area (Å²) in [6.07, 6.45) is -0.261. The largest absolute Gasteiger partial charge is 0.493 e. The highest BCUT2D eigenvalue weighted by Crippen LogP contribution is 2.72. The van der Waals surface area contributed by atoms with Crippen molar-refractivity contribution >= 4 is 61.2 Å². The van der Waals surface area contributed by atoms with E-state index in [0.29, 0.717) is 16.5 Å². The van der Waals surface area contributed by atoms with Crippen LogP contribution in [0.2, 0.25) is 0 Å². The van der Waals surface area contributed by atoms with Crippen LogP contribution in [0.15, 0.2) is 30.3 Å². The normalized spacial score (nSPS) is 19.7. The molecule has 0 spiro atoms. The van der Waals surface area contributed by atoms with Crippen LogP contribution in [0.5, 0.6) is 5.75 Å². The molecule has 0 aliphatic carbocycles. The van der Waals surface area contributed by atoms with E-state index in [1.165, 1.54) is 16.7 Å². The molecule has 2 amide bonds. The fourth-order valence-electron chi connectivity index (χ4n) is 5.91. The minimum Gasteiger partial charge on any atom is -0.493 e. The summed E-state index contributed by atoms with van der Waals surface area (Å²) < 4.78 is 53.8. The van der Waals surface area contributed by atoms with Gasteiger partial charge in [0.15, 0.2) is 5.40 Å². The number of nitrogens with one attached hydrogen (secondary N) is 2. The van der Waals surface area contributed by atoms with Crippen LogP contribution < -0.4 is 15.4 Å². The summed E-state index contributed by atoms with van der Waals surface area (Å²) in [6.45, 7) is 11.6. The van der Waals surface area contributed by atoms with Crippen molar-refractivity contribution in [1.82, 2.24) is 10.2 Å². The molecule has 0 aromatic heterocycles. The zero-order chi connectivity index (χ0) is 39.0. The predicted octanol–water partition coefficient (Wildman–Crippen LogP) is 5.87. The monoisotopic (exact) mass is 807 g/mol. The summed E-state index contributed by atoms with van der Waals surface area (Å²) in [7, 11) is -9.21. The van der Waals surface area contributed by atoms with Crippen LogP contribution in [0, 0.1) is 0 Å². The molecule has 2 saturated heterocycles. The van der Waals surface area contributed by atoms with Gasteiger partial charge in [-0.2, -0.15) is 0 Å². The Morgan fingerprint density at radius 2 is 1.43 bits per heavy atom. The standard InChI is InChI=1S/C32H47N3O15P2S/c1-8-42-23-17-16-20-21(25(23)28(36)34-26-29(37)35-27(31(38)39)32(6,7)53-30(26)35)14-13-15-22(20)33-19-18-24(51(40,47-43-9-2)48-44-10-3)52(41,49-45-11-4)50-46-12-5/h13-17,24,26-27,30,33H,8-12,18-19H2,1-7H3,(H,34,36)(H,38,39). The van der Waals surface area contributed by atoms with E-state index in [4.69, 9.17) is 43.0 Å². The minimum atomic E-state index is -4.60. The van der Waals surface area contributed by atoms with E-state index in [9.17, 15) is 28.6 Å². The first kappa shape index (κ1) is 42.9. The molecule has 296 valence electrons. The van der Waals surface area contributed by atoms with Gasteiger partial charge in [0.1, 0.15) is 23.2 Å². The first-order valence-corrected chi connectivity index (χ1v) is 21.2. The molecule has 2 aromatic carbocycles. The maximum Gasteiger partial charge on any atom is 0.399 e. The van der Waals surface area contributed by atoms with Crippen molar-refractivity contribution < 1.29 is 71.6 Å². The molecule has 3 atom stereocenters. The highest BCUT2D eigenvalue weighted by Gasteiger charge is 2.64. The number of hydrogen-bond donors (Lipinski definition) is 3. The van der Waals surface area contributed by atoms with E-state index >= 15 is 0 Å². The van der Waals surface area contributed by atoms with Crippen molar-refractivity contribution in [2.45, 2.75) is 82.5 Å². The molecule has 4 rings (SSSR count). The van der Waals surface area contributed by atoms with Crippen molar-refractivity contribution in [2.24, 2.45) is 0 Å². The van der Waals surface area contributed by atoms with Gasteiger partial charge < -0.3 is 25.4 Å². The lowest BCUT2D eigenvalue weighted by Gasteiger charge is -2.43. The molecule has 0 saturated carbocycles. The Morgan fingerprint density at radius 1 is 0.868 bits per heavy atom. The lowest BCUT2D eigenvalue weighted by molar-refractivity contribution is -0.272. The number of carboxylic acids is 1. The third-order valence-electron chi connectivity index (χ3n) is 8.06. The number of hydrogen-bond acceptors (Lipinski definition) is 16. The van der Waals surface area contributed by atoms with Crippen LogP contribution in [0.3, 0.4) is 0 Å². The maximum absolute atomic E-state index is 14.1. The average Bonchev–Trinajstić information content (AvgIpc) is 3.39. The van der Waals surface area contributed by atoms with E-state index < -0.39 is 60.6 Å². The molecule has 53 heavy (non-hydrogen) atoms. The Labute approximate surface area is 311 Å². The second-order valence-corrected chi connectivity index (χ2v) is 18.2. The van der Waals surface area contributed by atoms with Crippen LogP contribution >= 0.6 is 27.0 Å². The van der Waals surface area contributed by atoms with Gasteiger partial charge in [-0.05, 0) is 73.1 Å². The van der Waals surface area contributed by atoms with E-state index in [2.05, 4.69) is 10.6 Å². The zero-order valence-electron chi connectivity index (χ0n) is 30.6. The topological polar surface area (TPSA) is 216 Å². The Bertz CT molecular complexity index is 1660. The fourth-order valence-corrected chi connectivity index (χ4v) is 11.7. The first-order chi connectivity index (χ1) is 25.2. The van der Waals surface area contributed by atoms with Gasteiger partial charge in [0.25, 0.3) is 5.91 Å². The van der Waals surface area contributed by atoms with Crippen molar-refractivity contribution in [3.63, 3.8) is 0 Å². The molecule has 21 heteroatoms. The summed E-state index contributed by atoms with van der Waals surface area (Å²) in [4.78, 5) is 60.3. The van der Waals surface area contributed by atoms with E-state index in [-0.39, 0.29) is 57.3 Å². The molecule has 2 heterocycles. The summed E-state index contributed by atoms with van der Waals surface area (Å²) in [5.74, 6) is -1.91. The number of nitrogens with zero attached hydrogens (tertiary/aromatic N) is 1.